The lowest BCUT2D eigenvalue weighted by Gasteiger charge is -2.02. The van der Waals surface area contributed by atoms with Gasteiger partial charge in [0, 0.05) is 6.61 Å². The van der Waals surface area contributed by atoms with Gasteiger partial charge in [-0.2, -0.15) is 5.26 Å². The van der Waals surface area contributed by atoms with Gasteiger partial charge >= 0.3 is 0 Å². The molecular weight excluding hydrogens is 282 g/mol. The SMILES string of the molecule is CCCCCCCC/C=C\CCCCCCCCOCCC#N. The fourth-order valence-electron chi connectivity index (χ4n) is 2.67. The van der Waals surface area contributed by atoms with Crippen LogP contribution in [0.2, 0.25) is 0 Å². The van der Waals surface area contributed by atoms with Crippen LogP contribution in [-0.4, -0.2) is 13.2 Å². The summed E-state index contributed by atoms with van der Waals surface area (Å²) in [6.45, 7) is 3.69. The number of nitrogens with zero attached hydrogens (tertiary/aromatic N) is 1. The molecule has 134 valence electrons. The predicted molar refractivity (Wildman–Crippen MR) is 101 cm³/mol. The van der Waals surface area contributed by atoms with Gasteiger partial charge in [-0.1, -0.05) is 76.9 Å². The molecule has 0 heterocycles. The Morgan fingerprint density at radius 2 is 1.22 bits per heavy atom. The summed E-state index contributed by atoms with van der Waals surface area (Å²) in [5.74, 6) is 0. The number of hydrogen-bond acceptors (Lipinski definition) is 2. The number of nitriles is 1. The largest absolute Gasteiger partial charge is 0.380 e. The maximum absolute atomic E-state index is 8.38. The molecule has 0 fully saturated rings. The van der Waals surface area contributed by atoms with Crippen molar-refractivity contribution in [2.45, 2.75) is 103 Å². The lowest BCUT2D eigenvalue weighted by atomic mass is 10.1. The third-order valence-electron chi connectivity index (χ3n) is 4.16. The molecule has 0 radical (unpaired) electrons. The summed E-state index contributed by atoms with van der Waals surface area (Å²) in [5.41, 5.74) is 0. The quantitative estimate of drug-likeness (QED) is 0.202. The highest BCUT2D eigenvalue weighted by atomic mass is 16.5. The van der Waals surface area contributed by atoms with Gasteiger partial charge in [-0.3, -0.25) is 0 Å². The van der Waals surface area contributed by atoms with Crippen molar-refractivity contribution >= 4 is 0 Å². The Morgan fingerprint density at radius 3 is 1.78 bits per heavy atom. The lowest BCUT2D eigenvalue weighted by molar-refractivity contribution is 0.135. The first-order valence-electron chi connectivity index (χ1n) is 10.0. The minimum absolute atomic E-state index is 0.520. The van der Waals surface area contributed by atoms with Crippen LogP contribution in [0, 0.1) is 11.3 Å². The molecule has 0 bridgehead atoms. The third kappa shape index (κ3) is 21.2. The summed E-state index contributed by atoms with van der Waals surface area (Å²) in [6, 6.07) is 2.09. The van der Waals surface area contributed by atoms with Crippen molar-refractivity contribution in [3.8, 4) is 6.07 Å². The first-order chi connectivity index (χ1) is 11.4. The summed E-state index contributed by atoms with van der Waals surface area (Å²) >= 11 is 0. The molecule has 0 N–H and O–H groups in total. The number of allylic oxidation sites excluding steroid dienone is 2. The van der Waals surface area contributed by atoms with Crippen LogP contribution >= 0.6 is 0 Å². The summed E-state index contributed by atoms with van der Waals surface area (Å²) < 4.78 is 5.36. The molecule has 0 rings (SSSR count). The molecule has 0 amide bonds. The van der Waals surface area contributed by atoms with Gasteiger partial charge in [-0.25, -0.2) is 0 Å². The Morgan fingerprint density at radius 1 is 0.696 bits per heavy atom. The molecule has 0 unspecified atom stereocenters. The van der Waals surface area contributed by atoms with Gasteiger partial charge in [0.1, 0.15) is 0 Å². The Bertz CT molecular complexity index is 280. The summed E-state index contributed by atoms with van der Waals surface area (Å²) in [4.78, 5) is 0. The molecule has 0 aromatic carbocycles. The van der Waals surface area contributed by atoms with Gasteiger partial charge in [0.2, 0.25) is 0 Å². The van der Waals surface area contributed by atoms with Crippen molar-refractivity contribution < 1.29 is 4.74 Å². The molecule has 0 aliphatic heterocycles. The van der Waals surface area contributed by atoms with E-state index in [1.807, 2.05) is 0 Å². The smallest absolute Gasteiger partial charge is 0.0645 e. The number of ether oxygens (including phenoxy) is 1. The van der Waals surface area contributed by atoms with Crippen molar-refractivity contribution in [1.82, 2.24) is 0 Å². The normalized spacial score (nSPS) is 11.1. The molecular formula is C21H39NO. The molecule has 0 atom stereocenters. The van der Waals surface area contributed by atoms with E-state index in [2.05, 4.69) is 25.1 Å². The Labute approximate surface area is 145 Å². The van der Waals surface area contributed by atoms with E-state index in [1.54, 1.807) is 0 Å². The predicted octanol–water partition coefficient (Wildman–Crippen LogP) is 6.95. The van der Waals surface area contributed by atoms with Gasteiger partial charge in [-0.15, -0.1) is 0 Å². The number of unbranched alkanes of at least 4 members (excludes halogenated alkanes) is 12. The minimum Gasteiger partial charge on any atom is -0.380 e. The molecule has 0 spiro atoms. The van der Waals surface area contributed by atoms with E-state index in [0.717, 1.165) is 13.0 Å². The Balaban J connectivity index is 3.04. The Kier molecular flexibility index (Phi) is 20.4. The van der Waals surface area contributed by atoms with Crippen LogP contribution < -0.4 is 0 Å². The first kappa shape index (κ1) is 22.2. The molecule has 0 saturated carbocycles. The number of rotatable bonds is 18. The maximum Gasteiger partial charge on any atom is 0.0645 e. The second-order valence-corrected chi connectivity index (χ2v) is 6.46. The summed E-state index contributed by atoms with van der Waals surface area (Å²) in [5, 5.41) is 8.38. The lowest BCUT2D eigenvalue weighted by Crippen LogP contribution is -1.95. The van der Waals surface area contributed by atoms with Gasteiger partial charge in [0.25, 0.3) is 0 Å². The van der Waals surface area contributed by atoms with E-state index >= 15 is 0 Å². The highest BCUT2D eigenvalue weighted by molar-refractivity contribution is 4.81. The van der Waals surface area contributed by atoms with Crippen LogP contribution in [0.1, 0.15) is 103 Å². The van der Waals surface area contributed by atoms with Crippen LogP contribution in [0.5, 0.6) is 0 Å². The van der Waals surface area contributed by atoms with Gasteiger partial charge in [0.05, 0.1) is 19.1 Å². The monoisotopic (exact) mass is 321 g/mol. The molecule has 0 aromatic rings. The van der Waals surface area contributed by atoms with E-state index in [4.69, 9.17) is 10.00 Å². The zero-order valence-corrected chi connectivity index (χ0v) is 15.5. The Hall–Kier alpha value is -0.810. The van der Waals surface area contributed by atoms with Crippen molar-refractivity contribution in [2.24, 2.45) is 0 Å². The standard InChI is InChI=1S/C21H39NO/c1-2-3-4-5-6-7-8-9-10-11-12-13-14-15-16-17-20-23-21-18-19-22/h9-10H,2-8,11-18,20-21H2,1H3/b10-9-. The minimum atomic E-state index is 0.520. The van der Waals surface area contributed by atoms with Gasteiger partial charge in [-0.05, 0) is 32.1 Å². The molecule has 0 saturated heterocycles. The van der Waals surface area contributed by atoms with E-state index in [0.29, 0.717) is 13.0 Å². The summed E-state index contributed by atoms with van der Waals surface area (Å²) in [6.07, 6.45) is 24.0. The topological polar surface area (TPSA) is 33.0 Å². The summed E-state index contributed by atoms with van der Waals surface area (Å²) in [7, 11) is 0. The highest BCUT2D eigenvalue weighted by Gasteiger charge is 1.92. The van der Waals surface area contributed by atoms with E-state index in [-0.39, 0.29) is 0 Å². The maximum atomic E-state index is 8.38. The molecule has 0 aliphatic rings. The molecule has 0 aromatic heterocycles. The second kappa shape index (κ2) is 21.2. The van der Waals surface area contributed by atoms with Crippen molar-refractivity contribution in [3.63, 3.8) is 0 Å². The fourth-order valence-corrected chi connectivity index (χ4v) is 2.67. The third-order valence-corrected chi connectivity index (χ3v) is 4.16. The molecule has 0 aliphatic carbocycles. The van der Waals surface area contributed by atoms with E-state index < -0.39 is 0 Å². The van der Waals surface area contributed by atoms with E-state index in [1.165, 1.54) is 83.5 Å². The van der Waals surface area contributed by atoms with Crippen LogP contribution in [0.15, 0.2) is 12.2 Å². The average molecular weight is 322 g/mol. The van der Waals surface area contributed by atoms with Crippen molar-refractivity contribution in [3.05, 3.63) is 12.2 Å². The molecule has 2 nitrogen and oxygen atoms in total. The van der Waals surface area contributed by atoms with Gasteiger partial charge in [0.15, 0.2) is 0 Å². The highest BCUT2D eigenvalue weighted by Crippen LogP contribution is 2.09. The van der Waals surface area contributed by atoms with E-state index in [9.17, 15) is 0 Å². The second-order valence-electron chi connectivity index (χ2n) is 6.46. The van der Waals surface area contributed by atoms with Crippen molar-refractivity contribution in [2.75, 3.05) is 13.2 Å². The van der Waals surface area contributed by atoms with Crippen molar-refractivity contribution in [1.29, 1.82) is 5.26 Å². The van der Waals surface area contributed by atoms with Crippen LogP contribution in [0.4, 0.5) is 0 Å². The zero-order valence-electron chi connectivity index (χ0n) is 15.5. The number of hydrogen-bond donors (Lipinski definition) is 0. The zero-order chi connectivity index (χ0) is 16.8. The molecule has 23 heavy (non-hydrogen) atoms. The fraction of sp³-hybridized carbons (Fsp3) is 0.857. The van der Waals surface area contributed by atoms with Crippen LogP contribution in [0.3, 0.4) is 0 Å². The van der Waals surface area contributed by atoms with Crippen LogP contribution in [-0.2, 0) is 4.74 Å². The van der Waals surface area contributed by atoms with Gasteiger partial charge < -0.3 is 4.74 Å². The van der Waals surface area contributed by atoms with Crippen LogP contribution in [0.25, 0.3) is 0 Å². The average Bonchev–Trinajstić information content (AvgIpc) is 2.57. The molecule has 2 heteroatoms. The first-order valence-corrected chi connectivity index (χ1v) is 10.0.